The van der Waals surface area contributed by atoms with Gasteiger partial charge in [-0.25, -0.2) is 4.79 Å². The van der Waals surface area contributed by atoms with Gasteiger partial charge in [-0.2, -0.15) is 0 Å². The fourth-order valence-electron chi connectivity index (χ4n) is 5.89. The summed E-state index contributed by atoms with van der Waals surface area (Å²) in [5.74, 6) is -2.56. The van der Waals surface area contributed by atoms with Gasteiger partial charge in [0.2, 0.25) is 6.29 Å². The van der Waals surface area contributed by atoms with Crippen LogP contribution in [0.2, 0.25) is 0 Å². The van der Waals surface area contributed by atoms with Gasteiger partial charge in [0.1, 0.15) is 6.10 Å². The van der Waals surface area contributed by atoms with Gasteiger partial charge < -0.3 is 19.3 Å². The first-order valence-corrected chi connectivity index (χ1v) is 12.9. The Balaban J connectivity index is 1.81. The van der Waals surface area contributed by atoms with Crippen LogP contribution < -0.4 is 0 Å². The molecule has 3 aliphatic rings. The van der Waals surface area contributed by atoms with Gasteiger partial charge in [-0.3, -0.25) is 9.59 Å². The minimum Gasteiger partial charge on any atom is -0.480 e. The average Bonchev–Trinajstić information content (AvgIpc) is 3.07. The number of halogens is 2. The van der Waals surface area contributed by atoms with E-state index in [9.17, 15) is 19.5 Å². The number of hydrogen-bond acceptors (Lipinski definition) is 6. The number of aliphatic carboxylic acids is 1. The van der Waals surface area contributed by atoms with Crippen LogP contribution in [0.4, 0.5) is 0 Å². The minimum atomic E-state index is -2.24. The monoisotopic (exact) mass is 520 g/mol. The van der Waals surface area contributed by atoms with Crippen LogP contribution in [-0.4, -0.2) is 51.8 Å². The maximum Gasteiger partial charge on any atom is 0.332 e. The highest BCUT2D eigenvalue weighted by atomic mass is 35.5. The Labute approximate surface area is 212 Å². The molecule has 3 fully saturated rings. The standard InChI is InChI=1S/C25H38Cl2O7/c1-21(2,19(30)33-16-13-15-10-11-23(16,5)22(15,3)4)14-25(27,24(6,26)18(28)29)20(31)34-17-9-7-8-12-32-17/h15-17H,7-14H2,1-6H3,(H,28,29). The third kappa shape index (κ3) is 4.45. The lowest BCUT2D eigenvalue weighted by molar-refractivity contribution is -0.193. The highest BCUT2D eigenvalue weighted by Crippen LogP contribution is 2.66. The van der Waals surface area contributed by atoms with Crippen molar-refractivity contribution in [2.24, 2.45) is 22.2 Å². The summed E-state index contributed by atoms with van der Waals surface area (Å²) < 4.78 is 16.9. The molecule has 0 radical (unpaired) electrons. The van der Waals surface area contributed by atoms with E-state index < -0.39 is 39.4 Å². The molecule has 1 aliphatic heterocycles. The third-order valence-electron chi connectivity index (χ3n) is 9.05. The molecular formula is C25H38Cl2O7. The van der Waals surface area contributed by atoms with Gasteiger partial charge in [0.25, 0.3) is 0 Å². The highest BCUT2D eigenvalue weighted by Gasteiger charge is 2.64. The topological polar surface area (TPSA) is 99.1 Å². The molecule has 9 heteroatoms. The molecule has 0 spiro atoms. The predicted molar refractivity (Wildman–Crippen MR) is 128 cm³/mol. The normalized spacial score (nSPS) is 34.1. The number of carbonyl (C=O) groups is 3. The van der Waals surface area contributed by atoms with E-state index in [1.807, 2.05) is 0 Å². The number of esters is 2. The molecule has 0 aromatic heterocycles. The summed E-state index contributed by atoms with van der Waals surface area (Å²) in [5.41, 5.74) is -1.39. The summed E-state index contributed by atoms with van der Waals surface area (Å²) in [6, 6.07) is 0. The van der Waals surface area contributed by atoms with E-state index in [2.05, 4.69) is 20.8 Å². The van der Waals surface area contributed by atoms with Crippen molar-refractivity contribution in [1.82, 2.24) is 0 Å². The van der Waals surface area contributed by atoms with Crippen molar-refractivity contribution >= 4 is 41.1 Å². The van der Waals surface area contributed by atoms with Crippen LogP contribution in [-0.2, 0) is 28.6 Å². The first kappa shape index (κ1) is 27.5. The van der Waals surface area contributed by atoms with Crippen LogP contribution >= 0.6 is 23.2 Å². The summed E-state index contributed by atoms with van der Waals surface area (Å²) in [7, 11) is 0. The molecule has 194 valence electrons. The third-order valence-corrected chi connectivity index (χ3v) is 10.3. The van der Waals surface area contributed by atoms with Crippen LogP contribution in [0.3, 0.4) is 0 Å². The van der Waals surface area contributed by atoms with Crippen LogP contribution in [0, 0.1) is 22.2 Å². The summed E-state index contributed by atoms with van der Waals surface area (Å²) in [6.07, 6.45) is 3.56. The van der Waals surface area contributed by atoms with E-state index in [1.165, 1.54) is 0 Å². The maximum atomic E-state index is 13.4. The number of hydrogen-bond donors (Lipinski definition) is 1. The van der Waals surface area contributed by atoms with Crippen molar-refractivity contribution in [2.45, 2.75) is 109 Å². The van der Waals surface area contributed by atoms with Crippen LogP contribution in [0.15, 0.2) is 0 Å². The SMILES string of the molecule is CC(C)(CC(Cl)(C(=O)OC1CCCCO1)C(C)(Cl)C(=O)O)C(=O)OC1CC2CCC1(C)C2(C)C. The smallest absolute Gasteiger partial charge is 0.332 e. The maximum absolute atomic E-state index is 13.4. The lowest BCUT2D eigenvalue weighted by Crippen LogP contribution is -2.58. The zero-order valence-electron chi connectivity index (χ0n) is 21.0. The van der Waals surface area contributed by atoms with Gasteiger partial charge in [-0.1, -0.05) is 20.8 Å². The lowest BCUT2D eigenvalue weighted by Gasteiger charge is -2.42. The number of carboxylic acids is 1. The van der Waals surface area contributed by atoms with E-state index in [4.69, 9.17) is 37.4 Å². The van der Waals surface area contributed by atoms with E-state index in [0.717, 1.165) is 39.0 Å². The van der Waals surface area contributed by atoms with Gasteiger partial charge >= 0.3 is 17.9 Å². The van der Waals surface area contributed by atoms with Crippen LogP contribution in [0.1, 0.15) is 86.5 Å². The summed E-state index contributed by atoms with van der Waals surface area (Å²) >= 11 is 13.1. The number of carboxylic acid groups (broad SMARTS) is 1. The number of alkyl halides is 2. The van der Waals surface area contributed by atoms with E-state index in [-0.39, 0.29) is 23.4 Å². The number of ether oxygens (including phenoxy) is 3. The molecule has 7 nitrogen and oxygen atoms in total. The van der Waals surface area contributed by atoms with Crippen molar-refractivity contribution in [1.29, 1.82) is 0 Å². The van der Waals surface area contributed by atoms with Crippen molar-refractivity contribution in [3.63, 3.8) is 0 Å². The van der Waals surface area contributed by atoms with E-state index in [1.54, 1.807) is 13.8 Å². The molecular weight excluding hydrogens is 483 g/mol. The van der Waals surface area contributed by atoms with Crippen molar-refractivity contribution in [3.05, 3.63) is 0 Å². The zero-order valence-corrected chi connectivity index (χ0v) is 22.6. The Morgan fingerprint density at radius 1 is 1.03 bits per heavy atom. The average molecular weight is 521 g/mol. The Morgan fingerprint density at radius 2 is 1.68 bits per heavy atom. The fourth-order valence-corrected chi connectivity index (χ4v) is 6.50. The Bertz CT molecular complexity index is 833. The Morgan fingerprint density at radius 3 is 2.15 bits per heavy atom. The zero-order chi connectivity index (χ0) is 25.7. The fraction of sp³-hybridized carbons (Fsp3) is 0.880. The van der Waals surface area contributed by atoms with Gasteiger partial charge in [-0.05, 0) is 70.6 Å². The number of rotatable bonds is 8. The van der Waals surface area contributed by atoms with Gasteiger partial charge in [0, 0.05) is 11.8 Å². The molecule has 2 saturated carbocycles. The van der Waals surface area contributed by atoms with Gasteiger partial charge in [0.05, 0.1) is 12.0 Å². The Hall–Kier alpha value is -1.05. The second kappa shape index (κ2) is 9.11. The molecule has 0 amide bonds. The second-order valence-corrected chi connectivity index (χ2v) is 13.3. The molecule has 1 heterocycles. The molecule has 6 unspecified atom stereocenters. The largest absolute Gasteiger partial charge is 0.480 e. The molecule has 2 bridgehead atoms. The number of carbonyl (C=O) groups excluding carboxylic acids is 2. The van der Waals surface area contributed by atoms with E-state index in [0.29, 0.717) is 18.9 Å². The van der Waals surface area contributed by atoms with E-state index >= 15 is 0 Å². The quantitative estimate of drug-likeness (QED) is 0.342. The summed E-state index contributed by atoms with van der Waals surface area (Å²) in [4.78, 5) is 34.2. The van der Waals surface area contributed by atoms with Gasteiger partial charge in [-0.15, -0.1) is 23.2 Å². The van der Waals surface area contributed by atoms with Gasteiger partial charge in [0.15, 0.2) is 9.75 Å². The molecule has 3 rings (SSSR count). The first-order chi connectivity index (χ1) is 15.5. The molecule has 0 aromatic rings. The molecule has 1 saturated heterocycles. The molecule has 1 N–H and O–H groups in total. The molecule has 34 heavy (non-hydrogen) atoms. The number of fused-ring (bicyclic) bond motifs is 2. The Kier molecular flexibility index (Phi) is 7.38. The minimum absolute atomic E-state index is 0.0557. The molecule has 2 aliphatic carbocycles. The predicted octanol–water partition coefficient (Wildman–Crippen LogP) is 5.29. The molecule has 0 aromatic carbocycles. The van der Waals surface area contributed by atoms with Crippen LogP contribution in [0.5, 0.6) is 0 Å². The highest BCUT2D eigenvalue weighted by molar-refractivity contribution is 6.47. The first-order valence-electron chi connectivity index (χ1n) is 12.1. The lowest BCUT2D eigenvalue weighted by atomic mass is 9.70. The van der Waals surface area contributed by atoms with Crippen molar-refractivity contribution in [3.8, 4) is 0 Å². The van der Waals surface area contributed by atoms with Crippen LogP contribution in [0.25, 0.3) is 0 Å². The summed E-state index contributed by atoms with van der Waals surface area (Å²) in [6.45, 7) is 11.4. The van der Waals surface area contributed by atoms with Crippen molar-refractivity contribution < 1.29 is 33.7 Å². The second-order valence-electron chi connectivity index (χ2n) is 11.9. The summed E-state index contributed by atoms with van der Waals surface area (Å²) in [5, 5.41) is 9.79. The van der Waals surface area contributed by atoms with Crippen molar-refractivity contribution in [2.75, 3.05) is 6.61 Å². The molecule has 6 atom stereocenters.